The van der Waals surface area contributed by atoms with Crippen LogP contribution in [0.4, 0.5) is 4.39 Å². The van der Waals surface area contributed by atoms with Crippen molar-refractivity contribution in [2.75, 3.05) is 19.8 Å². The number of sulfonamides is 1. The van der Waals surface area contributed by atoms with E-state index in [4.69, 9.17) is 15.3 Å². The fraction of sp³-hybridized carbons (Fsp3) is 0.400. The molecule has 0 aliphatic rings. The number of nitrogens with one attached hydrogen (secondary N) is 1. The second kappa shape index (κ2) is 6.25. The van der Waals surface area contributed by atoms with Crippen LogP contribution < -0.4 is 4.72 Å². The summed E-state index contributed by atoms with van der Waals surface area (Å²) in [4.78, 5) is -0.270. The Labute approximate surface area is 118 Å². The SMILES string of the molecule is O=S(=O)(NC(CO)(CO)CO)c1ccc(F)cc1Br. The van der Waals surface area contributed by atoms with E-state index in [1.165, 1.54) is 0 Å². The standard InChI is InChI=1S/C10H13BrFNO5S/c11-8-3-7(12)1-2-9(8)19(17,18)13-10(4-14,5-15)6-16/h1-3,13-16H,4-6H2. The Bertz CT molecular complexity index is 539. The van der Waals surface area contributed by atoms with Crippen LogP contribution in [0.3, 0.4) is 0 Å². The van der Waals surface area contributed by atoms with Gasteiger partial charge in [0, 0.05) is 4.47 Å². The maximum Gasteiger partial charge on any atom is 0.242 e. The van der Waals surface area contributed by atoms with Crippen molar-refractivity contribution in [1.82, 2.24) is 4.72 Å². The average Bonchev–Trinajstić information content (AvgIpc) is 2.35. The summed E-state index contributed by atoms with van der Waals surface area (Å²) in [7, 11) is -4.15. The molecule has 0 aliphatic heterocycles. The van der Waals surface area contributed by atoms with Crippen molar-refractivity contribution in [3.8, 4) is 0 Å². The Hall–Kier alpha value is -0.580. The van der Waals surface area contributed by atoms with E-state index in [-0.39, 0.29) is 9.37 Å². The van der Waals surface area contributed by atoms with Crippen LogP contribution >= 0.6 is 15.9 Å². The predicted molar refractivity (Wildman–Crippen MR) is 68.4 cm³/mol. The first-order valence-electron chi connectivity index (χ1n) is 5.12. The topological polar surface area (TPSA) is 107 Å². The van der Waals surface area contributed by atoms with E-state index >= 15 is 0 Å². The quantitative estimate of drug-likeness (QED) is 0.553. The van der Waals surface area contributed by atoms with Crippen LogP contribution in [0.15, 0.2) is 27.6 Å². The van der Waals surface area contributed by atoms with Gasteiger partial charge in [0.1, 0.15) is 11.4 Å². The molecule has 9 heteroatoms. The van der Waals surface area contributed by atoms with E-state index in [1.54, 1.807) is 0 Å². The third-order valence-electron chi connectivity index (χ3n) is 2.44. The molecule has 0 fully saturated rings. The third-order valence-corrected chi connectivity index (χ3v) is 5.00. The zero-order chi connectivity index (χ0) is 14.7. The highest BCUT2D eigenvalue weighted by molar-refractivity contribution is 9.10. The maximum atomic E-state index is 12.9. The van der Waals surface area contributed by atoms with E-state index in [0.29, 0.717) is 0 Å². The van der Waals surface area contributed by atoms with Gasteiger partial charge in [-0.1, -0.05) is 0 Å². The van der Waals surface area contributed by atoms with Gasteiger partial charge in [-0.3, -0.25) is 0 Å². The van der Waals surface area contributed by atoms with Gasteiger partial charge in [0.15, 0.2) is 0 Å². The van der Waals surface area contributed by atoms with Crippen molar-refractivity contribution in [1.29, 1.82) is 0 Å². The molecule has 0 amide bonds. The fourth-order valence-corrected chi connectivity index (χ4v) is 3.71. The summed E-state index contributed by atoms with van der Waals surface area (Å²) in [5.41, 5.74) is -1.79. The molecule has 0 radical (unpaired) electrons. The van der Waals surface area contributed by atoms with E-state index in [2.05, 4.69) is 15.9 Å². The molecule has 0 saturated carbocycles. The molecule has 0 atom stereocenters. The highest BCUT2D eigenvalue weighted by atomic mass is 79.9. The fourth-order valence-electron chi connectivity index (χ4n) is 1.28. The summed E-state index contributed by atoms with van der Waals surface area (Å²) >= 11 is 2.91. The zero-order valence-electron chi connectivity index (χ0n) is 9.68. The molecule has 0 aromatic heterocycles. The van der Waals surface area contributed by atoms with Crippen LogP contribution in [0.5, 0.6) is 0 Å². The first kappa shape index (κ1) is 16.5. The Morgan fingerprint density at radius 2 is 1.74 bits per heavy atom. The van der Waals surface area contributed by atoms with Gasteiger partial charge in [0.25, 0.3) is 0 Å². The molecule has 0 unspecified atom stereocenters. The predicted octanol–water partition coefficient (Wildman–Crippen LogP) is -0.418. The molecule has 108 valence electrons. The van der Waals surface area contributed by atoms with Gasteiger partial charge in [0.05, 0.1) is 24.7 Å². The normalized spacial score (nSPS) is 12.7. The average molecular weight is 358 g/mol. The Kier molecular flexibility index (Phi) is 5.42. The summed E-state index contributed by atoms with van der Waals surface area (Å²) in [5.74, 6) is -0.622. The molecular formula is C10H13BrFNO5S. The molecule has 6 nitrogen and oxygen atoms in total. The number of hydrogen-bond acceptors (Lipinski definition) is 5. The molecule has 1 rings (SSSR count). The van der Waals surface area contributed by atoms with Crippen molar-refractivity contribution >= 4 is 26.0 Å². The van der Waals surface area contributed by atoms with Crippen molar-refractivity contribution in [3.05, 3.63) is 28.5 Å². The molecule has 19 heavy (non-hydrogen) atoms. The summed E-state index contributed by atoms with van der Waals surface area (Å²) < 4.78 is 39.0. The Balaban J connectivity index is 3.17. The number of benzene rings is 1. The molecule has 0 saturated heterocycles. The van der Waals surface area contributed by atoms with Gasteiger partial charge in [0.2, 0.25) is 10.0 Å². The van der Waals surface area contributed by atoms with Gasteiger partial charge in [-0.25, -0.2) is 12.8 Å². The molecule has 1 aromatic rings. The van der Waals surface area contributed by atoms with Crippen molar-refractivity contribution in [2.24, 2.45) is 0 Å². The van der Waals surface area contributed by atoms with Crippen molar-refractivity contribution in [3.63, 3.8) is 0 Å². The first-order valence-corrected chi connectivity index (χ1v) is 7.39. The minimum atomic E-state index is -4.15. The third kappa shape index (κ3) is 3.71. The van der Waals surface area contributed by atoms with Gasteiger partial charge in [-0.05, 0) is 34.1 Å². The second-order valence-electron chi connectivity index (χ2n) is 3.93. The lowest BCUT2D eigenvalue weighted by Crippen LogP contribution is -2.56. The summed E-state index contributed by atoms with van der Waals surface area (Å²) in [5, 5.41) is 27.2. The Morgan fingerprint density at radius 1 is 1.21 bits per heavy atom. The van der Waals surface area contributed by atoms with Crippen LogP contribution in [-0.4, -0.2) is 49.1 Å². The van der Waals surface area contributed by atoms with Crippen LogP contribution in [0.2, 0.25) is 0 Å². The number of rotatable bonds is 6. The molecule has 0 spiro atoms. The Morgan fingerprint density at radius 3 is 2.16 bits per heavy atom. The zero-order valence-corrected chi connectivity index (χ0v) is 12.1. The molecule has 0 heterocycles. The van der Waals surface area contributed by atoms with E-state index in [1.807, 2.05) is 4.72 Å². The molecule has 0 bridgehead atoms. The molecular weight excluding hydrogens is 345 g/mol. The van der Waals surface area contributed by atoms with Crippen LogP contribution in [-0.2, 0) is 10.0 Å². The molecule has 4 N–H and O–H groups in total. The maximum absolute atomic E-state index is 12.9. The molecule has 0 aliphatic carbocycles. The second-order valence-corrected chi connectivity index (χ2v) is 6.44. The lowest BCUT2D eigenvalue weighted by molar-refractivity contribution is 0.0582. The first-order chi connectivity index (χ1) is 8.80. The van der Waals surface area contributed by atoms with Crippen LogP contribution in [0.25, 0.3) is 0 Å². The highest BCUT2D eigenvalue weighted by Gasteiger charge is 2.34. The number of aliphatic hydroxyl groups is 3. The van der Waals surface area contributed by atoms with Gasteiger partial charge in [-0.15, -0.1) is 0 Å². The van der Waals surface area contributed by atoms with Crippen LogP contribution in [0, 0.1) is 5.82 Å². The van der Waals surface area contributed by atoms with E-state index in [9.17, 15) is 12.8 Å². The molecule has 1 aromatic carbocycles. The summed E-state index contributed by atoms with van der Waals surface area (Å²) in [6.45, 7) is -2.38. The van der Waals surface area contributed by atoms with Crippen molar-refractivity contribution < 1.29 is 28.1 Å². The van der Waals surface area contributed by atoms with E-state index in [0.717, 1.165) is 18.2 Å². The largest absolute Gasteiger partial charge is 0.394 e. The smallest absolute Gasteiger partial charge is 0.242 e. The lowest BCUT2D eigenvalue weighted by Gasteiger charge is -2.28. The summed E-state index contributed by atoms with van der Waals surface area (Å²) in [6.07, 6.45) is 0. The lowest BCUT2D eigenvalue weighted by atomic mass is 10.1. The monoisotopic (exact) mass is 357 g/mol. The van der Waals surface area contributed by atoms with Crippen molar-refractivity contribution in [2.45, 2.75) is 10.4 Å². The van der Waals surface area contributed by atoms with Crippen LogP contribution in [0.1, 0.15) is 0 Å². The minimum Gasteiger partial charge on any atom is -0.394 e. The summed E-state index contributed by atoms with van der Waals surface area (Å²) in [6, 6.07) is 2.95. The van der Waals surface area contributed by atoms with Gasteiger partial charge in [-0.2, -0.15) is 4.72 Å². The number of hydrogen-bond donors (Lipinski definition) is 4. The minimum absolute atomic E-state index is 0.0114. The van der Waals surface area contributed by atoms with Gasteiger partial charge < -0.3 is 15.3 Å². The van der Waals surface area contributed by atoms with E-state index < -0.39 is 41.2 Å². The van der Waals surface area contributed by atoms with Gasteiger partial charge >= 0.3 is 0 Å². The number of halogens is 2. The highest BCUT2D eigenvalue weighted by Crippen LogP contribution is 2.23. The number of aliphatic hydroxyl groups excluding tert-OH is 3.